The molecule has 3 unspecified atom stereocenters. The fourth-order valence-electron chi connectivity index (χ4n) is 4.32. The van der Waals surface area contributed by atoms with Crippen LogP contribution < -0.4 is 4.72 Å². The van der Waals surface area contributed by atoms with E-state index in [4.69, 9.17) is 23.2 Å². The van der Waals surface area contributed by atoms with E-state index in [1.165, 1.54) is 0 Å². The van der Waals surface area contributed by atoms with E-state index in [0.29, 0.717) is 42.1 Å². The zero-order valence-electron chi connectivity index (χ0n) is 20.0. The number of pyridine rings is 1. The Morgan fingerprint density at radius 2 is 1.83 bits per heavy atom. The number of nitrogens with zero attached hydrogens (tertiary/aromatic N) is 2. The number of carbonyl (C=O) groups is 2. The predicted molar refractivity (Wildman–Crippen MR) is 139 cm³/mol. The van der Waals surface area contributed by atoms with Gasteiger partial charge in [0.2, 0.25) is 15.9 Å². The van der Waals surface area contributed by atoms with Crippen molar-refractivity contribution in [3.05, 3.63) is 64.4 Å². The summed E-state index contributed by atoms with van der Waals surface area (Å²) in [5.41, 5.74) is 0.917. The standard InChI is InChI=1S/C20H27ClN2O5S.C5H4ClN/c1-2-16(12-22-29(27,28)17-8-9-17)23-18(13-3-6-15(21)7-4-13)10-5-14(20(23)26)11-19(24)25;6-5-2-1-3-7-4-5/h3-4,6-7,14,16-18,22H,2,5,8-12H2,1H3,(H,24,25);1-4H. The SMILES string of the molecule is CCC(CNS(=O)(=O)C1CC1)N1C(=O)C(CC(=O)O)CCC1c1ccc(Cl)cc1.Clc1cccnc1. The Hall–Kier alpha value is -2.20. The van der Waals surface area contributed by atoms with E-state index < -0.39 is 21.9 Å². The Morgan fingerprint density at radius 1 is 1.14 bits per heavy atom. The number of rotatable bonds is 9. The second-order valence-corrected chi connectivity index (χ2v) is 11.9. The molecule has 0 bridgehead atoms. The number of hydrogen-bond donors (Lipinski definition) is 2. The fourth-order valence-corrected chi connectivity index (χ4v) is 5.99. The molecule has 4 rings (SSSR count). The molecule has 1 aliphatic heterocycles. The lowest BCUT2D eigenvalue weighted by atomic mass is 9.85. The number of halogens is 2. The molecule has 2 fully saturated rings. The molecule has 1 aromatic carbocycles. The van der Waals surface area contributed by atoms with Crippen molar-refractivity contribution < 1.29 is 23.1 Å². The lowest BCUT2D eigenvalue weighted by Gasteiger charge is -2.44. The summed E-state index contributed by atoms with van der Waals surface area (Å²) in [4.78, 5) is 29.9. The largest absolute Gasteiger partial charge is 0.481 e. The molecule has 1 aliphatic carbocycles. The maximum absolute atomic E-state index is 13.2. The van der Waals surface area contributed by atoms with Gasteiger partial charge in [0.1, 0.15) is 0 Å². The number of likely N-dealkylation sites (tertiary alicyclic amines) is 1. The lowest BCUT2D eigenvalue weighted by molar-refractivity contribution is -0.151. The summed E-state index contributed by atoms with van der Waals surface area (Å²) in [7, 11) is -3.37. The zero-order valence-corrected chi connectivity index (χ0v) is 22.3. The zero-order chi connectivity index (χ0) is 26.3. The molecule has 196 valence electrons. The molecule has 8 nitrogen and oxygen atoms in total. The van der Waals surface area contributed by atoms with Gasteiger partial charge in [0.05, 0.1) is 22.7 Å². The first-order valence-corrected chi connectivity index (χ1v) is 14.3. The number of amides is 1. The first-order chi connectivity index (χ1) is 17.1. The van der Waals surface area contributed by atoms with E-state index in [1.54, 1.807) is 41.6 Å². The maximum atomic E-state index is 13.2. The first kappa shape index (κ1) is 28.4. The van der Waals surface area contributed by atoms with Crippen LogP contribution in [-0.2, 0) is 19.6 Å². The van der Waals surface area contributed by atoms with Crippen LogP contribution in [0.15, 0.2) is 48.8 Å². The molecule has 2 heterocycles. The summed E-state index contributed by atoms with van der Waals surface area (Å²) >= 11 is 11.5. The van der Waals surface area contributed by atoms with Crippen LogP contribution in [0.2, 0.25) is 10.0 Å². The van der Waals surface area contributed by atoms with Crippen LogP contribution in [-0.4, -0.2) is 53.1 Å². The van der Waals surface area contributed by atoms with Gasteiger partial charge in [0, 0.05) is 35.9 Å². The number of benzene rings is 1. The van der Waals surface area contributed by atoms with Gasteiger partial charge in [-0.05, 0) is 61.9 Å². The van der Waals surface area contributed by atoms with Gasteiger partial charge in [-0.25, -0.2) is 13.1 Å². The molecule has 1 amide bonds. The Bertz CT molecular complexity index is 1130. The topological polar surface area (TPSA) is 117 Å². The fraction of sp³-hybridized carbons (Fsp3) is 0.480. The minimum Gasteiger partial charge on any atom is -0.481 e. The highest BCUT2D eigenvalue weighted by Crippen LogP contribution is 2.38. The summed E-state index contributed by atoms with van der Waals surface area (Å²) in [6.07, 6.45) is 6.07. The molecule has 1 saturated heterocycles. The molecule has 2 aromatic rings. The van der Waals surface area contributed by atoms with E-state index in [1.807, 2.05) is 19.1 Å². The maximum Gasteiger partial charge on any atom is 0.304 e. The van der Waals surface area contributed by atoms with Gasteiger partial charge in [-0.15, -0.1) is 0 Å². The summed E-state index contributed by atoms with van der Waals surface area (Å²) in [5.74, 6) is -1.82. The predicted octanol–water partition coefficient (Wildman–Crippen LogP) is 4.69. The van der Waals surface area contributed by atoms with E-state index in [-0.39, 0.29) is 36.2 Å². The monoisotopic (exact) mass is 555 g/mol. The van der Waals surface area contributed by atoms with Gasteiger partial charge in [-0.2, -0.15) is 0 Å². The highest BCUT2D eigenvalue weighted by atomic mass is 35.5. The van der Waals surface area contributed by atoms with Gasteiger partial charge >= 0.3 is 5.97 Å². The van der Waals surface area contributed by atoms with Crippen molar-refractivity contribution in [3.63, 3.8) is 0 Å². The molecule has 3 atom stereocenters. The van der Waals surface area contributed by atoms with Crippen molar-refractivity contribution in [2.45, 2.75) is 62.8 Å². The number of nitrogens with one attached hydrogen (secondary N) is 1. The molecular formula is C25H31Cl2N3O5S. The van der Waals surface area contributed by atoms with Crippen LogP contribution in [0.4, 0.5) is 0 Å². The van der Waals surface area contributed by atoms with E-state index in [0.717, 1.165) is 5.56 Å². The Labute approximate surface area is 222 Å². The molecule has 2 aliphatic rings. The van der Waals surface area contributed by atoms with Crippen LogP contribution in [0.1, 0.15) is 57.1 Å². The second-order valence-electron chi connectivity index (χ2n) is 9.01. The molecule has 0 radical (unpaired) electrons. The average molecular weight is 557 g/mol. The third-order valence-electron chi connectivity index (χ3n) is 6.38. The van der Waals surface area contributed by atoms with Crippen molar-refractivity contribution in [2.75, 3.05) is 6.54 Å². The van der Waals surface area contributed by atoms with Crippen molar-refractivity contribution in [2.24, 2.45) is 5.92 Å². The Morgan fingerprint density at radius 3 is 2.33 bits per heavy atom. The van der Waals surface area contributed by atoms with Crippen LogP contribution >= 0.6 is 23.2 Å². The lowest BCUT2D eigenvalue weighted by Crippen LogP contribution is -2.53. The van der Waals surface area contributed by atoms with Crippen molar-refractivity contribution >= 4 is 45.1 Å². The normalized spacial score (nSPS) is 20.9. The van der Waals surface area contributed by atoms with Gasteiger partial charge in [-0.3, -0.25) is 14.6 Å². The third-order valence-corrected chi connectivity index (χ3v) is 8.77. The Kier molecular flexibility index (Phi) is 10.1. The van der Waals surface area contributed by atoms with E-state index in [9.17, 15) is 23.1 Å². The summed E-state index contributed by atoms with van der Waals surface area (Å²) in [6.45, 7) is 2.04. The number of piperidine rings is 1. The number of carboxylic acids is 1. The van der Waals surface area contributed by atoms with Gasteiger partial charge in [0.25, 0.3) is 0 Å². The number of aromatic nitrogens is 1. The number of carboxylic acid groups (broad SMARTS) is 1. The molecule has 2 N–H and O–H groups in total. The van der Waals surface area contributed by atoms with Crippen LogP contribution in [0, 0.1) is 5.92 Å². The average Bonchev–Trinajstić information content (AvgIpc) is 3.69. The van der Waals surface area contributed by atoms with Crippen molar-refractivity contribution in [1.29, 1.82) is 0 Å². The van der Waals surface area contributed by atoms with E-state index >= 15 is 0 Å². The summed E-state index contributed by atoms with van der Waals surface area (Å²) in [6, 6.07) is 10.3. The molecular weight excluding hydrogens is 525 g/mol. The molecule has 0 spiro atoms. The van der Waals surface area contributed by atoms with Crippen molar-refractivity contribution in [1.82, 2.24) is 14.6 Å². The van der Waals surface area contributed by atoms with E-state index in [2.05, 4.69) is 9.71 Å². The Balaban J connectivity index is 0.000000444. The highest BCUT2D eigenvalue weighted by molar-refractivity contribution is 7.90. The number of aliphatic carboxylic acids is 1. The molecule has 1 aromatic heterocycles. The summed E-state index contributed by atoms with van der Waals surface area (Å²) < 4.78 is 27.2. The molecule has 36 heavy (non-hydrogen) atoms. The molecule has 1 saturated carbocycles. The number of hydrogen-bond acceptors (Lipinski definition) is 5. The number of carbonyl (C=O) groups excluding carboxylic acids is 1. The second kappa shape index (κ2) is 12.9. The van der Waals surface area contributed by atoms with Crippen LogP contribution in [0.3, 0.4) is 0 Å². The van der Waals surface area contributed by atoms with Crippen LogP contribution in [0.5, 0.6) is 0 Å². The minimum absolute atomic E-state index is 0.130. The van der Waals surface area contributed by atoms with Crippen molar-refractivity contribution in [3.8, 4) is 0 Å². The van der Waals surface area contributed by atoms with Crippen LogP contribution in [0.25, 0.3) is 0 Å². The van der Waals surface area contributed by atoms with Gasteiger partial charge < -0.3 is 10.0 Å². The molecule has 11 heteroatoms. The highest BCUT2D eigenvalue weighted by Gasteiger charge is 2.41. The van der Waals surface area contributed by atoms with Gasteiger partial charge in [-0.1, -0.05) is 42.3 Å². The first-order valence-electron chi connectivity index (χ1n) is 12.0. The summed E-state index contributed by atoms with van der Waals surface area (Å²) in [5, 5.41) is 10.1. The number of sulfonamides is 1. The minimum atomic E-state index is -3.37. The quantitative estimate of drug-likeness (QED) is 0.463. The smallest absolute Gasteiger partial charge is 0.304 e. The van der Waals surface area contributed by atoms with Gasteiger partial charge in [0.15, 0.2) is 0 Å². The third kappa shape index (κ3) is 7.90.